The first-order valence-electron chi connectivity index (χ1n) is 23.3. The molecule has 0 heterocycles. The van der Waals surface area contributed by atoms with E-state index in [1.807, 2.05) is 12.2 Å². The van der Waals surface area contributed by atoms with Gasteiger partial charge in [0.05, 0.1) is 26.4 Å². The molecular formula is C47H82O15P2. The number of ether oxygens (including phenoxy) is 2. The lowest BCUT2D eigenvalue weighted by atomic mass is 10.1. The number of hydrogen-bond donors (Lipinski definition) is 5. The zero-order valence-electron chi connectivity index (χ0n) is 38.7. The van der Waals surface area contributed by atoms with Gasteiger partial charge in [0.2, 0.25) is 0 Å². The Hall–Kier alpha value is -2.52. The van der Waals surface area contributed by atoms with Crippen molar-refractivity contribution in [2.45, 2.75) is 173 Å². The molecule has 0 aromatic heterocycles. The summed E-state index contributed by atoms with van der Waals surface area (Å²) >= 11 is 0. The topological polar surface area (TPSA) is 225 Å². The van der Waals surface area contributed by atoms with Crippen LogP contribution in [-0.2, 0) is 46.3 Å². The Morgan fingerprint density at radius 3 is 1.12 bits per heavy atom. The molecule has 15 nitrogen and oxygen atoms in total. The molecule has 0 aliphatic heterocycles. The zero-order valence-corrected chi connectivity index (χ0v) is 40.5. The van der Waals surface area contributed by atoms with E-state index in [0.29, 0.717) is 12.8 Å². The first-order valence-corrected chi connectivity index (χ1v) is 26.3. The Kier molecular flexibility index (Phi) is 41.4. The van der Waals surface area contributed by atoms with Crippen LogP contribution < -0.4 is 0 Å². The van der Waals surface area contributed by atoms with Gasteiger partial charge < -0.3 is 34.6 Å². The maximum atomic E-state index is 12.1. The highest BCUT2D eigenvalue weighted by atomic mass is 31.2. The lowest BCUT2D eigenvalue weighted by Gasteiger charge is -2.19. The summed E-state index contributed by atoms with van der Waals surface area (Å²) in [7, 11) is -9.60. The number of phosphoric acid groups is 2. The first-order chi connectivity index (χ1) is 30.8. The van der Waals surface area contributed by atoms with Gasteiger partial charge in [0.15, 0.2) is 0 Å². The standard InChI is InChI=1S/C47H82O15P2/c1-3-5-7-9-11-13-15-17-18-19-20-21-22-24-26-28-30-32-34-36-47(52)58-38-44(49)40-60-64(55,56)62-42-45(50)41-61-63(53,54)59-39-43(48)37-57-46(51)35-33-31-29-27-25-23-16-14-12-10-8-6-4-2/h11,13,17-18,20-21,23-26,29,31,43-45,48-50H,3-10,12,14-16,19,22,27-28,30,32-42H2,1-2H3,(H,53,54)(H,55,56)/b13-11-,18-17-,21-20-,25-23-,26-24-,31-29+. The van der Waals surface area contributed by atoms with Crippen molar-refractivity contribution in [2.24, 2.45) is 0 Å². The molecule has 0 saturated carbocycles. The second-order valence-corrected chi connectivity index (χ2v) is 18.3. The Morgan fingerprint density at radius 2 is 0.703 bits per heavy atom. The summed E-state index contributed by atoms with van der Waals surface area (Å²) in [6.07, 6.45) is 42.0. The van der Waals surface area contributed by atoms with Crippen molar-refractivity contribution in [3.63, 3.8) is 0 Å². The van der Waals surface area contributed by atoms with Gasteiger partial charge in [0, 0.05) is 12.8 Å². The highest BCUT2D eigenvalue weighted by Crippen LogP contribution is 2.45. The fourth-order valence-electron chi connectivity index (χ4n) is 5.48. The van der Waals surface area contributed by atoms with Crippen LogP contribution in [0.2, 0.25) is 0 Å². The molecule has 0 rings (SSSR count). The number of unbranched alkanes of at least 4 members (excludes halogenated alkanes) is 12. The van der Waals surface area contributed by atoms with Crippen LogP contribution in [0.1, 0.15) is 155 Å². The number of allylic oxidation sites excluding steroid dienone is 12. The molecule has 0 radical (unpaired) electrons. The first kappa shape index (κ1) is 61.5. The van der Waals surface area contributed by atoms with Crippen LogP contribution in [0.4, 0.5) is 0 Å². The van der Waals surface area contributed by atoms with E-state index in [4.69, 9.17) is 9.47 Å². The molecule has 0 saturated heterocycles. The Balaban J connectivity index is 3.99. The zero-order chi connectivity index (χ0) is 47.4. The highest BCUT2D eigenvalue weighted by Gasteiger charge is 2.28. The normalized spacial score (nSPS) is 15.8. The van der Waals surface area contributed by atoms with Gasteiger partial charge in [-0.2, -0.15) is 0 Å². The smallest absolute Gasteiger partial charge is 0.463 e. The third-order valence-corrected chi connectivity index (χ3v) is 11.0. The molecule has 5 N–H and O–H groups in total. The molecule has 5 atom stereocenters. The molecule has 0 aromatic rings. The van der Waals surface area contributed by atoms with Gasteiger partial charge in [-0.3, -0.25) is 27.7 Å². The molecule has 0 aliphatic carbocycles. The number of carbonyl (C=O) groups excluding carboxylic acids is 2. The summed E-state index contributed by atoms with van der Waals surface area (Å²) in [6, 6.07) is 0. The second kappa shape index (κ2) is 43.1. The molecule has 17 heteroatoms. The van der Waals surface area contributed by atoms with Crippen molar-refractivity contribution < 1.29 is 71.4 Å². The maximum Gasteiger partial charge on any atom is 0.472 e. The molecule has 370 valence electrons. The van der Waals surface area contributed by atoms with Crippen molar-refractivity contribution in [3.8, 4) is 0 Å². The van der Waals surface area contributed by atoms with E-state index >= 15 is 0 Å². The van der Waals surface area contributed by atoms with E-state index < -0.39 is 85.5 Å². The van der Waals surface area contributed by atoms with Crippen molar-refractivity contribution in [2.75, 3.05) is 39.6 Å². The number of aliphatic hydroxyl groups is 3. The molecule has 5 unspecified atom stereocenters. The monoisotopic (exact) mass is 949 g/mol. The summed E-state index contributed by atoms with van der Waals surface area (Å²) in [5.41, 5.74) is 0. The van der Waals surface area contributed by atoms with E-state index in [1.54, 1.807) is 0 Å². The van der Waals surface area contributed by atoms with Gasteiger partial charge >= 0.3 is 27.6 Å². The van der Waals surface area contributed by atoms with Gasteiger partial charge in [-0.25, -0.2) is 9.13 Å². The summed E-state index contributed by atoms with van der Waals surface area (Å²) in [6.45, 7) is 0.250. The summed E-state index contributed by atoms with van der Waals surface area (Å²) in [5, 5.41) is 30.0. The summed E-state index contributed by atoms with van der Waals surface area (Å²) < 4.78 is 52.8. The molecule has 0 aliphatic rings. The third-order valence-electron chi connectivity index (χ3n) is 9.15. The third kappa shape index (κ3) is 44.7. The predicted octanol–water partition coefficient (Wildman–Crippen LogP) is 10.4. The van der Waals surface area contributed by atoms with Crippen LogP contribution in [-0.4, -0.2) is 95.0 Å². The fourth-order valence-corrected chi connectivity index (χ4v) is 7.07. The van der Waals surface area contributed by atoms with Crippen LogP contribution in [0.25, 0.3) is 0 Å². The van der Waals surface area contributed by atoms with Crippen LogP contribution in [0.3, 0.4) is 0 Å². The molecule has 64 heavy (non-hydrogen) atoms. The minimum absolute atomic E-state index is 0.0876. The average molecular weight is 949 g/mol. The Morgan fingerprint density at radius 1 is 0.406 bits per heavy atom. The van der Waals surface area contributed by atoms with E-state index in [1.165, 1.54) is 57.8 Å². The summed E-state index contributed by atoms with van der Waals surface area (Å²) in [4.78, 5) is 43.6. The van der Waals surface area contributed by atoms with Crippen molar-refractivity contribution in [3.05, 3.63) is 72.9 Å². The molecule has 0 spiro atoms. The maximum absolute atomic E-state index is 12.1. The SMILES string of the molecule is CCCCC/C=C\C/C=C\C/C=C\C/C=C\CCCCCC(=O)OCC(O)COP(=O)(O)OCC(O)COP(=O)(O)OCC(O)COC(=O)CC/C=C/C/C=C\CCCCCCCC. The van der Waals surface area contributed by atoms with E-state index in [2.05, 4.69) is 92.7 Å². The van der Waals surface area contributed by atoms with Crippen LogP contribution in [0, 0.1) is 0 Å². The Labute approximate surface area is 383 Å². The number of aliphatic hydroxyl groups excluding tert-OH is 3. The lowest BCUT2D eigenvalue weighted by molar-refractivity contribution is -0.148. The van der Waals surface area contributed by atoms with Crippen molar-refractivity contribution >= 4 is 27.6 Å². The van der Waals surface area contributed by atoms with E-state index in [9.17, 15) is 43.8 Å². The predicted molar refractivity (Wildman–Crippen MR) is 251 cm³/mol. The second-order valence-electron chi connectivity index (χ2n) is 15.4. The van der Waals surface area contributed by atoms with Crippen LogP contribution >= 0.6 is 15.6 Å². The highest BCUT2D eigenvalue weighted by molar-refractivity contribution is 7.47. The fraction of sp³-hybridized carbons (Fsp3) is 0.702. The number of phosphoric ester groups is 2. The van der Waals surface area contributed by atoms with Gasteiger partial charge in [0.25, 0.3) is 0 Å². The van der Waals surface area contributed by atoms with E-state index in [0.717, 1.165) is 57.8 Å². The molecular weight excluding hydrogens is 866 g/mol. The Bertz CT molecular complexity index is 1430. The summed E-state index contributed by atoms with van der Waals surface area (Å²) in [5.74, 6) is -1.10. The minimum Gasteiger partial charge on any atom is -0.463 e. The largest absolute Gasteiger partial charge is 0.472 e. The van der Waals surface area contributed by atoms with Gasteiger partial charge in [-0.1, -0.05) is 138 Å². The van der Waals surface area contributed by atoms with Crippen LogP contribution in [0.5, 0.6) is 0 Å². The van der Waals surface area contributed by atoms with Gasteiger partial charge in [0.1, 0.15) is 31.5 Å². The van der Waals surface area contributed by atoms with E-state index in [-0.39, 0.29) is 12.8 Å². The van der Waals surface area contributed by atoms with Crippen molar-refractivity contribution in [1.29, 1.82) is 0 Å². The number of hydrogen-bond acceptors (Lipinski definition) is 13. The number of esters is 2. The molecule has 0 bridgehead atoms. The number of carbonyl (C=O) groups is 2. The van der Waals surface area contributed by atoms with Crippen LogP contribution in [0.15, 0.2) is 72.9 Å². The molecule has 0 amide bonds. The van der Waals surface area contributed by atoms with Crippen molar-refractivity contribution in [1.82, 2.24) is 0 Å². The van der Waals surface area contributed by atoms with Gasteiger partial charge in [-0.15, -0.1) is 0 Å². The van der Waals surface area contributed by atoms with Gasteiger partial charge in [-0.05, 0) is 77.0 Å². The molecule has 0 fully saturated rings. The number of rotatable bonds is 44. The quantitative estimate of drug-likeness (QED) is 0.0166. The average Bonchev–Trinajstić information content (AvgIpc) is 3.27. The minimum atomic E-state index is -4.80. The lowest BCUT2D eigenvalue weighted by Crippen LogP contribution is -2.25. The molecule has 0 aromatic carbocycles.